The summed E-state index contributed by atoms with van der Waals surface area (Å²) in [5.74, 6) is -0.500. The summed E-state index contributed by atoms with van der Waals surface area (Å²) in [5, 5.41) is 2.99. The van der Waals surface area contributed by atoms with Gasteiger partial charge in [-0.2, -0.15) is 0 Å². The first kappa shape index (κ1) is 17.2. The number of carbonyl (C=O) groups is 2. The number of amides is 2. The van der Waals surface area contributed by atoms with E-state index in [4.69, 9.17) is 5.73 Å². The van der Waals surface area contributed by atoms with Gasteiger partial charge in [-0.1, -0.05) is 54.6 Å². The molecule has 25 heavy (non-hydrogen) atoms. The van der Waals surface area contributed by atoms with Gasteiger partial charge in [-0.05, 0) is 30.0 Å². The van der Waals surface area contributed by atoms with Crippen LogP contribution in [-0.2, 0) is 22.6 Å². The zero-order chi connectivity index (χ0) is 17.8. The lowest BCUT2D eigenvalue weighted by Gasteiger charge is -2.34. The number of primary amides is 1. The van der Waals surface area contributed by atoms with Crippen molar-refractivity contribution in [2.45, 2.75) is 32.0 Å². The summed E-state index contributed by atoms with van der Waals surface area (Å²) >= 11 is 0. The average Bonchev–Trinajstić information content (AvgIpc) is 2.61. The first-order chi connectivity index (χ1) is 12.0. The molecule has 0 saturated heterocycles. The molecule has 1 aliphatic heterocycles. The molecule has 5 nitrogen and oxygen atoms in total. The second-order valence-corrected chi connectivity index (χ2v) is 6.50. The van der Waals surface area contributed by atoms with Crippen LogP contribution in [0.2, 0.25) is 0 Å². The van der Waals surface area contributed by atoms with Crippen molar-refractivity contribution in [1.82, 2.24) is 10.2 Å². The summed E-state index contributed by atoms with van der Waals surface area (Å²) < 4.78 is 0. The predicted molar refractivity (Wildman–Crippen MR) is 96.5 cm³/mol. The van der Waals surface area contributed by atoms with Crippen LogP contribution in [0.4, 0.5) is 0 Å². The molecular weight excluding hydrogens is 314 g/mol. The van der Waals surface area contributed by atoms with Crippen LogP contribution in [0.1, 0.15) is 29.7 Å². The summed E-state index contributed by atoms with van der Waals surface area (Å²) in [4.78, 5) is 26.2. The van der Waals surface area contributed by atoms with Crippen molar-refractivity contribution in [1.29, 1.82) is 0 Å². The topological polar surface area (TPSA) is 75.4 Å². The fourth-order valence-corrected chi connectivity index (χ4v) is 3.32. The van der Waals surface area contributed by atoms with E-state index in [0.717, 1.165) is 16.7 Å². The van der Waals surface area contributed by atoms with Crippen LogP contribution in [0.25, 0.3) is 0 Å². The highest BCUT2D eigenvalue weighted by atomic mass is 16.2. The highest BCUT2D eigenvalue weighted by Gasteiger charge is 2.31. The molecule has 0 spiro atoms. The molecule has 130 valence electrons. The van der Waals surface area contributed by atoms with Crippen LogP contribution >= 0.6 is 0 Å². The molecule has 3 rings (SSSR count). The Hall–Kier alpha value is -2.66. The number of nitrogens with zero attached hydrogens (tertiary/aromatic N) is 1. The number of hydrogen-bond acceptors (Lipinski definition) is 3. The van der Waals surface area contributed by atoms with Crippen molar-refractivity contribution in [3.05, 3.63) is 71.3 Å². The lowest BCUT2D eigenvalue weighted by Crippen LogP contribution is -2.51. The highest BCUT2D eigenvalue weighted by molar-refractivity contribution is 5.83. The quantitative estimate of drug-likeness (QED) is 0.873. The lowest BCUT2D eigenvalue weighted by molar-refractivity contribution is -0.127. The van der Waals surface area contributed by atoms with Crippen molar-refractivity contribution in [3.63, 3.8) is 0 Å². The van der Waals surface area contributed by atoms with Gasteiger partial charge in [0.05, 0.1) is 18.6 Å². The molecule has 2 aromatic carbocycles. The SMILES string of the molecule is C[C@H](NC(=O)CN1Cc2ccccc2C[C@H]1C(N)=O)c1ccccc1. The third-order valence-electron chi connectivity index (χ3n) is 4.70. The molecule has 0 radical (unpaired) electrons. The van der Waals surface area contributed by atoms with E-state index in [2.05, 4.69) is 5.32 Å². The summed E-state index contributed by atoms with van der Waals surface area (Å²) in [5.41, 5.74) is 8.89. The largest absolute Gasteiger partial charge is 0.368 e. The fraction of sp³-hybridized carbons (Fsp3) is 0.300. The van der Waals surface area contributed by atoms with Gasteiger partial charge in [0.1, 0.15) is 0 Å². The zero-order valence-corrected chi connectivity index (χ0v) is 14.3. The van der Waals surface area contributed by atoms with Crippen LogP contribution in [0.5, 0.6) is 0 Å². The van der Waals surface area contributed by atoms with Crippen molar-refractivity contribution in [3.8, 4) is 0 Å². The normalized spacial score (nSPS) is 18.2. The molecule has 3 N–H and O–H groups in total. The lowest BCUT2D eigenvalue weighted by atomic mass is 9.93. The summed E-state index contributed by atoms with van der Waals surface area (Å²) in [6, 6.07) is 17.2. The predicted octanol–water partition coefficient (Wildman–Crippen LogP) is 1.78. The molecule has 1 heterocycles. The number of nitrogens with two attached hydrogens (primary N) is 1. The minimum Gasteiger partial charge on any atom is -0.368 e. The van der Waals surface area contributed by atoms with E-state index in [0.29, 0.717) is 13.0 Å². The van der Waals surface area contributed by atoms with Gasteiger partial charge in [-0.3, -0.25) is 14.5 Å². The van der Waals surface area contributed by atoms with E-state index in [-0.39, 0.29) is 18.5 Å². The monoisotopic (exact) mass is 337 g/mol. The molecule has 0 aromatic heterocycles. The number of nitrogens with one attached hydrogen (secondary N) is 1. The maximum Gasteiger partial charge on any atom is 0.235 e. The molecule has 0 aliphatic carbocycles. The molecule has 0 fully saturated rings. The number of carbonyl (C=O) groups excluding carboxylic acids is 2. The van der Waals surface area contributed by atoms with Crippen molar-refractivity contribution in [2.24, 2.45) is 5.73 Å². The van der Waals surface area contributed by atoms with E-state index < -0.39 is 11.9 Å². The highest BCUT2D eigenvalue weighted by Crippen LogP contribution is 2.23. The van der Waals surface area contributed by atoms with Crippen LogP contribution in [-0.4, -0.2) is 29.3 Å². The van der Waals surface area contributed by atoms with Gasteiger partial charge in [0.25, 0.3) is 0 Å². The van der Waals surface area contributed by atoms with Gasteiger partial charge in [-0.15, -0.1) is 0 Å². The van der Waals surface area contributed by atoms with Crippen molar-refractivity contribution in [2.75, 3.05) is 6.54 Å². The summed E-state index contributed by atoms with van der Waals surface area (Å²) in [6.45, 7) is 2.65. The minimum atomic E-state index is -0.451. The average molecular weight is 337 g/mol. The maximum atomic E-state index is 12.5. The molecule has 2 aromatic rings. The van der Waals surface area contributed by atoms with E-state index in [1.165, 1.54) is 0 Å². The van der Waals surface area contributed by atoms with Gasteiger partial charge in [0, 0.05) is 6.54 Å². The second kappa shape index (κ2) is 7.49. The molecule has 2 amide bonds. The second-order valence-electron chi connectivity index (χ2n) is 6.50. The Kier molecular flexibility index (Phi) is 5.14. The maximum absolute atomic E-state index is 12.5. The number of benzene rings is 2. The molecule has 0 saturated carbocycles. The van der Waals surface area contributed by atoms with E-state index >= 15 is 0 Å². The Morgan fingerprint density at radius 1 is 1.12 bits per heavy atom. The van der Waals surface area contributed by atoms with E-state index in [9.17, 15) is 9.59 Å². The Balaban J connectivity index is 1.68. The molecule has 5 heteroatoms. The first-order valence-corrected chi connectivity index (χ1v) is 8.49. The van der Waals surface area contributed by atoms with Gasteiger partial charge in [0.15, 0.2) is 0 Å². The van der Waals surface area contributed by atoms with Crippen LogP contribution in [0.15, 0.2) is 54.6 Å². The molecule has 1 aliphatic rings. The number of hydrogen-bond donors (Lipinski definition) is 2. The van der Waals surface area contributed by atoms with Gasteiger partial charge < -0.3 is 11.1 Å². The standard InChI is InChI=1S/C20H23N3O2/c1-14(15-7-3-2-4-8-15)22-19(24)13-23-12-17-10-6-5-9-16(17)11-18(23)20(21)25/h2-10,14,18H,11-13H2,1H3,(H2,21,25)(H,22,24)/t14-,18-/m0/s1. The van der Waals surface area contributed by atoms with Crippen molar-refractivity contribution < 1.29 is 9.59 Å². The molecule has 2 atom stereocenters. The third kappa shape index (κ3) is 4.06. The third-order valence-corrected chi connectivity index (χ3v) is 4.70. The van der Waals surface area contributed by atoms with Gasteiger partial charge in [0.2, 0.25) is 11.8 Å². The number of rotatable bonds is 5. The Morgan fingerprint density at radius 2 is 1.76 bits per heavy atom. The first-order valence-electron chi connectivity index (χ1n) is 8.49. The van der Waals surface area contributed by atoms with Gasteiger partial charge >= 0.3 is 0 Å². The Labute approximate surface area is 147 Å². The molecule has 0 unspecified atom stereocenters. The Morgan fingerprint density at radius 3 is 2.44 bits per heavy atom. The zero-order valence-electron chi connectivity index (χ0n) is 14.3. The van der Waals surface area contributed by atoms with Crippen LogP contribution in [0.3, 0.4) is 0 Å². The number of fused-ring (bicyclic) bond motifs is 1. The van der Waals surface area contributed by atoms with E-state index in [1.807, 2.05) is 66.4 Å². The smallest absolute Gasteiger partial charge is 0.235 e. The molecule has 0 bridgehead atoms. The van der Waals surface area contributed by atoms with Crippen LogP contribution in [0, 0.1) is 0 Å². The fourth-order valence-electron chi connectivity index (χ4n) is 3.32. The Bertz CT molecular complexity index is 761. The van der Waals surface area contributed by atoms with E-state index in [1.54, 1.807) is 0 Å². The van der Waals surface area contributed by atoms with Crippen molar-refractivity contribution >= 4 is 11.8 Å². The minimum absolute atomic E-state index is 0.0854. The summed E-state index contributed by atoms with van der Waals surface area (Å²) in [7, 11) is 0. The molecular formula is C20H23N3O2. The van der Waals surface area contributed by atoms with Gasteiger partial charge in [-0.25, -0.2) is 0 Å². The summed E-state index contributed by atoms with van der Waals surface area (Å²) in [6.07, 6.45) is 0.549. The van der Waals surface area contributed by atoms with Crippen LogP contribution < -0.4 is 11.1 Å².